The molecular weight excluding hydrogens is 380 g/mol. The molecule has 0 unspecified atom stereocenters. The van der Waals surface area contributed by atoms with Gasteiger partial charge in [-0.3, -0.25) is 9.59 Å². The molecule has 1 N–H and O–H groups in total. The summed E-state index contributed by atoms with van der Waals surface area (Å²) < 4.78 is 11.1. The van der Waals surface area contributed by atoms with E-state index in [-0.39, 0.29) is 25.0 Å². The predicted molar refractivity (Wildman–Crippen MR) is 117 cm³/mol. The van der Waals surface area contributed by atoms with Gasteiger partial charge < -0.3 is 19.7 Å². The highest BCUT2D eigenvalue weighted by atomic mass is 16.5. The van der Waals surface area contributed by atoms with Gasteiger partial charge in [0.2, 0.25) is 5.91 Å². The third-order valence-corrected chi connectivity index (χ3v) is 5.00. The normalized spacial score (nSPS) is 11.6. The van der Waals surface area contributed by atoms with E-state index in [1.165, 1.54) is 4.90 Å². The average Bonchev–Trinajstić information content (AvgIpc) is 2.80. The number of nitrogens with one attached hydrogen (secondary N) is 1. The molecule has 2 amide bonds. The van der Waals surface area contributed by atoms with Gasteiger partial charge in [0.1, 0.15) is 17.5 Å². The van der Waals surface area contributed by atoms with Crippen LogP contribution < -0.4 is 14.8 Å². The Kier molecular flexibility index (Phi) is 6.91. The van der Waals surface area contributed by atoms with Gasteiger partial charge in [-0.15, -0.1) is 0 Å². The minimum atomic E-state index is -0.648. The predicted octanol–water partition coefficient (Wildman–Crippen LogP) is 3.39. The number of amides is 2. The molecule has 0 radical (unpaired) electrons. The zero-order valence-electron chi connectivity index (χ0n) is 17.4. The second kappa shape index (κ2) is 9.78. The van der Waals surface area contributed by atoms with Crippen LogP contribution in [0.1, 0.15) is 12.5 Å². The monoisotopic (exact) mass is 406 g/mol. The maximum absolute atomic E-state index is 13.1. The lowest BCUT2D eigenvalue weighted by Gasteiger charge is -2.28. The molecule has 0 aliphatic heterocycles. The summed E-state index contributed by atoms with van der Waals surface area (Å²) in [7, 11) is 3.15. The second-order valence-corrected chi connectivity index (χ2v) is 6.93. The molecule has 3 aromatic carbocycles. The van der Waals surface area contributed by atoms with Crippen LogP contribution in [-0.2, 0) is 16.1 Å². The molecule has 0 spiro atoms. The molecule has 6 heteroatoms. The van der Waals surface area contributed by atoms with Crippen LogP contribution in [0.3, 0.4) is 0 Å². The van der Waals surface area contributed by atoms with Crippen LogP contribution in [0.15, 0.2) is 66.7 Å². The van der Waals surface area contributed by atoms with Crippen molar-refractivity contribution >= 4 is 22.6 Å². The SMILES string of the molecule is CNC(=O)[C@H](C)N(Cc1cccc(OC)c1)C(=O)COc1cccc2ccccc12. The Labute approximate surface area is 176 Å². The first-order valence-corrected chi connectivity index (χ1v) is 9.78. The van der Waals surface area contributed by atoms with Gasteiger partial charge in [0, 0.05) is 19.0 Å². The Bertz CT molecular complexity index is 1030. The Hall–Kier alpha value is -3.54. The lowest BCUT2D eigenvalue weighted by Crippen LogP contribution is -2.48. The molecule has 6 nitrogen and oxygen atoms in total. The molecule has 0 bridgehead atoms. The number of nitrogens with zero attached hydrogens (tertiary/aromatic N) is 1. The second-order valence-electron chi connectivity index (χ2n) is 6.93. The summed E-state index contributed by atoms with van der Waals surface area (Å²) in [5.41, 5.74) is 0.864. The summed E-state index contributed by atoms with van der Waals surface area (Å²) >= 11 is 0. The highest BCUT2D eigenvalue weighted by molar-refractivity contribution is 5.90. The maximum atomic E-state index is 13.1. The van der Waals surface area contributed by atoms with Crippen molar-refractivity contribution in [3.05, 3.63) is 72.3 Å². The molecule has 0 fully saturated rings. The molecule has 0 aromatic heterocycles. The van der Waals surface area contributed by atoms with Crippen molar-refractivity contribution in [2.75, 3.05) is 20.8 Å². The highest BCUT2D eigenvalue weighted by Gasteiger charge is 2.26. The number of ether oxygens (including phenoxy) is 2. The Balaban J connectivity index is 1.79. The van der Waals surface area contributed by atoms with E-state index in [0.29, 0.717) is 11.5 Å². The van der Waals surface area contributed by atoms with Crippen molar-refractivity contribution in [1.82, 2.24) is 10.2 Å². The largest absolute Gasteiger partial charge is 0.497 e. The minimum absolute atomic E-state index is 0.167. The van der Waals surface area contributed by atoms with Crippen molar-refractivity contribution in [3.63, 3.8) is 0 Å². The first-order valence-electron chi connectivity index (χ1n) is 9.78. The molecule has 0 aliphatic carbocycles. The third-order valence-electron chi connectivity index (χ3n) is 5.00. The number of carbonyl (C=O) groups is 2. The van der Waals surface area contributed by atoms with Gasteiger partial charge in [0.15, 0.2) is 6.61 Å². The van der Waals surface area contributed by atoms with Crippen molar-refractivity contribution < 1.29 is 19.1 Å². The van der Waals surface area contributed by atoms with Crippen LogP contribution >= 0.6 is 0 Å². The fourth-order valence-electron chi connectivity index (χ4n) is 3.30. The number of hydrogen-bond acceptors (Lipinski definition) is 4. The van der Waals surface area contributed by atoms with Crippen LogP contribution in [0.4, 0.5) is 0 Å². The quantitative estimate of drug-likeness (QED) is 0.623. The first-order chi connectivity index (χ1) is 14.5. The van der Waals surface area contributed by atoms with E-state index >= 15 is 0 Å². The standard InChI is InChI=1S/C24H26N2O4/c1-17(24(28)25-2)26(15-18-8-6-11-20(14-18)29-3)23(27)16-30-22-13-7-10-19-9-4-5-12-21(19)22/h4-14,17H,15-16H2,1-3H3,(H,25,28)/t17-/m0/s1. The first kappa shape index (κ1) is 21.2. The average molecular weight is 406 g/mol. The van der Waals surface area contributed by atoms with Crippen molar-refractivity contribution in [2.24, 2.45) is 0 Å². The van der Waals surface area contributed by atoms with Gasteiger partial charge in [-0.25, -0.2) is 0 Å². The van der Waals surface area contributed by atoms with Crippen molar-refractivity contribution in [2.45, 2.75) is 19.5 Å². The highest BCUT2D eigenvalue weighted by Crippen LogP contribution is 2.25. The molecule has 0 heterocycles. The van der Waals surface area contributed by atoms with Crippen molar-refractivity contribution in [3.8, 4) is 11.5 Å². The lowest BCUT2D eigenvalue weighted by atomic mass is 10.1. The Morgan fingerprint density at radius 2 is 1.77 bits per heavy atom. The minimum Gasteiger partial charge on any atom is -0.497 e. The van der Waals surface area contributed by atoms with E-state index in [4.69, 9.17) is 9.47 Å². The summed E-state index contributed by atoms with van der Waals surface area (Å²) in [6.45, 7) is 1.80. The maximum Gasteiger partial charge on any atom is 0.261 e. The molecule has 30 heavy (non-hydrogen) atoms. The molecule has 0 saturated heterocycles. The fraction of sp³-hybridized carbons (Fsp3) is 0.250. The number of benzene rings is 3. The lowest BCUT2D eigenvalue weighted by molar-refractivity contribution is -0.142. The number of hydrogen-bond donors (Lipinski definition) is 1. The summed E-state index contributed by atoms with van der Waals surface area (Å²) in [6, 6.07) is 20.3. The number of rotatable bonds is 8. The van der Waals surface area contributed by atoms with E-state index in [9.17, 15) is 9.59 Å². The molecular formula is C24H26N2O4. The summed E-state index contributed by atoms with van der Waals surface area (Å²) in [4.78, 5) is 26.8. The Morgan fingerprint density at radius 3 is 2.53 bits per heavy atom. The van der Waals surface area contributed by atoms with E-state index in [2.05, 4.69) is 5.32 Å². The van der Waals surface area contributed by atoms with Gasteiger partial charge in [0.25, 0.3) is 5.91 Å². The number of methoxy groups -OCH3 is 1. The van der Waals surface area contributed by atoms with E-state index in [1.807, 2.05) is 66.7 Å². The summed E-state index contributed by atoms with van der Waals surface area (Å²) in [5, 5.41) is 4.58. The zero-order valence-corrected chi connectivity index (χ0v) is 17.4. The van der Waals surface area contributed by atoms with Crippen LogP contribution in [0.25, 0.3) is 10.8 Å². The summed E-state index contributed by atoms with van der Waals surface area (Å²) in [5.74, 6) is 0.813. The molecule has 0 saturated carbocycles. The van der Waals surface area contributed by atoms with E-state index < -0.39 is 6.04 Å². The number of likely N-dealkylation sites (N-methyl/N-ethyl adjacent to an activating group) is 1. The van der Waals surface area contributed by atoms with Crippen LogP contribution in [0, 0.1) is 0 Å². The zero-order chi connectivity index (χ0) is 21.5. The molecule has 3 rings (SSSR count). The van der Waals surface area contributed by atoms with Gasteiger partial charge in [0.05, 0.1) is 7.11 Å². The smallest absolute Gasteiger partial charge is 0.261 e. The van der Waals surface area contributed by atoms with Crippen LogP contribution in [0.5, 0.6) is 11.5 Å². The van der Waals surface area contributed by atoms with Gasteiger partial charge in [-0.05, 0) is 36.1 Å². The van der Waals surface area contributed by atoms with Crippen LogP contribution in [0.2, 0.25) is 0 Å². The van der Waals surface area contributed by atoms with Crippen LogP contribution in [-0.4, -0.2) is 43.5 Å². The van der Waals surface area contributed by atoms with E-state index in [0.717, 1.165) is 16.3 Å². The van der Waals surface area contributed by atoms with Gasteiger partial charge in [-0.1, -0.05) is 48.5 Å². The third kappa shape index (κ3) is 4.89. The molecule has 1 atom stereocenters. The van der Waals surface area contributed by atoms with Gasteiger partial charge >= 0.3 is 0 Å². The van der Waals surface area contributed by atoms with Gasteiger partial charge in [-0.2, -0.15) is 0 Å². The van der Waals surface area contributed by atoms with Crippen molar-refractivity contribution in [1.29, 1.82) is 0 Å². The molecule has 3 aromatic rings. The number of fused-ring (bicyclic) bond motifs is 1. The molecule has 0 aliphatic rings. The molecule has 156 valence electrons. The Morgan fingerprint density at radius 1 is 1.03 bits per heavy atom. The topological polar surface area (TPSA) is 67.9 Å². The fourth-order valence-corrected chi connectivity index (χ4v) is 3.30. The van der Waals surface area contributed by atoms with E-state index in [1.54, 1.807) is 21.1 Å². The summed E-state index contributed by atoms with van der Waals surface area (Å²) in [6.07, 6.45) is 0. The number of carbonyl (C=O) groups excluding carboxylic acids is 2.